The third kappa shape index (κ3) is 6.28. The lowest BCUT2D eigenvalue weighted by Crippen LogP contribution is -2.27. The van der Waals surface area contributed by atoms with Crippen LogP contribution in [-0.4, -0.2) is 37.2 Å². The van der Waals surface area contributed by atoms with Gasteiger partial charge in [-0.05, 0) is 48.0 Å². The zero-order valence-electron chi connectivity index (χ0n) is 18.1. The summed E-state index contributed by atoms with van der Waals surface area (Å²) >= 11 is 12.3. The van der Waals surface area contributed by atoms with E-state index in [0.717, 1.165) is 5.56 Å². The number of amides is 1. The number of carbonyl (C=O) groups excluding carboxylic acids is 1. The van der Waals surface area contributed by atoms with Gasteiger partial charge >= 0.3 is 5.92 Å². The molecule has 180 valence electrons. The molecule has 12 heteroatoms. The maximum absolute atomic E-state index is 14.4. The van der Waals surface area contributed by atoms with E-state index >= 15 is 0 Å². The Bertz CT molecular complexity index is 1300. The minimum Gasteiger partial charge on any atom is -0.364 e. The molecule has 2 N–H and O–H groups in total. The number of benzene rings is 1. The fraction of sp³-hybridized carbons (Fsp3) is 0.174. The molecule has 1 aromatic carbocycles. The number of hydrogen-bond donors (Lipinski definition) is 2. The van der Waals surface area contributed by atoms with Gasteiger partial charge in [-0.1, -0.05) is 29.3 Å². The van der Waals surface area contributed by atoms with Crippen molar-refractivity contribution in [3.8, 4) is 5.69 Å². The molecule has 0 aliphatic carbocycles. The van der Waals surface area contributed by atoms with E-state index < -0.39 is 12.5 Å². The number of aromatic nitrogens is 5. The topological polar surface area (TPSA) is 97.6 Å². The lowest BCUT2D eigenvalue weighted by molar-refractivity contribution is -0.120. The molecule has 35 heavy (non-hydrogen) atoms. The number of nitrogens with zero attached hydrogens (tertiary/aromatic N) is 5. The Labute approximate surface area is 209 Å². The van der Waals surface area contributed by atoms with Crippen LogP contribution in [0.2, 0.25) is 10.0 Å². The van der Waals surface area contributed by atoms with Gasteiger partial charge in [0.1, 0.15) is 24.2 Å². The van der Waals surface area contributed by atoms with Gasteiger partial charge in [-0.15, -0.1) is 0 Å². The van der Waals surface area contributed by atoms with E-state index in [-0.39, 0.29) is 41.1 Å². The molecular formula is C23H19Cl2F2N7O. The van der Waals surface area contributed by atoms with Crippen LogP contribution >= 0.6 is 23.2 Å². The molecule has 0 saturated heterocycles. The van der Waals surface area contributed by atoms with E-state index in [9.17, 15) is 13.6 Å². The van der Waals surface area contributed by atoms with E-state index in [1.807, 2.05) is 0 Å². The molecule has 0 atom stereocenters. The normalized spacial score (nSPS) is 11.3. The highest BCUT2D eigenvalue weighted by atomic mass is 35.5. The van der Waals surface area contributed by atoms with Gasteiger partial charge in [0.2, 0.25) is 5.91 Å². The predicted octanol–water partition coefficient (Wildman–Crippen LogP) is 4.43. The van der Waals surface area contributed by atoms with Crippen molar-refractivity contribution in [3.63, 3.8) is 0 Å². The van der Waals surface area contributed by atoms with Crippen LogP contribution in [0.25, 0.3) is 5.69 Å². The van der Waals surface area contributed by atoms with Gasteiger partial charge in [0, 0.05) is 17.8 Å². The molecule has 0 saturated carbocycles. The second-order valence-corrected chi connectivity index (χ2v) is 8.31. The average Bonchev–Trinajstić information content (AvgIpc) is 3.39. The van der Waals surface area contributed by atoms with Gasteiger partial charge in [-0.25, -0.2) is 14.6 Å². The Kier molecular flexibility index (Phi) is 7.52. The zero-order chi connectivity index (χ0) is 24.8. The SMILES string of the molecule is O=C(Cc1nc(NCC(F)(F)c2ccccn2)ccc1Cl)NCc1cc(Cl)ccc1-n1cncn1. The highest BCUT2D eigenvalue weighted by Gasteiger charge is 2.32. The fourth-order valence-corrected chi connectivity index (χ4v) is 3.60. The van der Waals surface area contributed by atoms with Crippen molar-refractivity contribution < 1.29 is 13.6 Å². The summed E-state index contributed by atoms with van der Waals surface area (Å²) in [5.74, 6) is -3.41. The van der Waals surface area contributed by atoms with E-state index in [0.29, 0.717) is 10.7 Å². The first-order chi connectivity index (χ1) is 16.8. The molecule has 0 spiro atoms. The van der Waals surface area contributed by atoms with Crippen LogP contribution in [-0.2, 0) is 23.7 Å². The molecule has 0 aliphatic rings. The van der Waals surface area contributed by atoms with Crippen molar-refractivity contribution in [1.29, 1.82) is 0 Å². The predicted molar refractivity (Wildman–Crippen MR) is 128 cm³/mol. The van der Waals surface area contributed by atoms with E-state index in [1.165, 1.54) is 43.1 Å². The second-order valence-electron chi connectivity index (χ2n) is 7.46. The lowest BCUT2D eigenvalue weighted by Gasteiger charge is -2.17. The number of anilines is 1. The van der Waals surface area contributed by atoms with E-state index in [2.05, 4.69) is 30.7 Å². The van der Waals surface area contributed by atoms with Gasteiger partial charge < -0.3 is 10.6 Å². The number of pyridine rings is 2. The number of rotatable bonds is 9. The molecule has 4 rings (SSSR count). The first-order valence-electron chi connectivity index (χ1n) is 10.4. The summed E-state index contributed by atoms with van der Waals surface area (Å²) in [4.78, 5) is 24.5. The zero-order valence-corrected chi connectivity index (χ0v) is 19.6. The molecule has 3 aromatic heterocycles. The standard InChI is InChI=1S/C23H19Cl2F2N7O/c24-16-4-6-19(34-14-28-13-32-34)15(9-16)11-30-22(35)10-18-17(25)5-7-21(33-18)31-12-23(26,27)20-3-1-2-8-29-20/h1-9,13-14H,10-12H2,(H,30,35)(H,31,33). The smallest absolute Gasteiger partial charge is 0.306 e. The number of halogens is 4. The molecule has 0 fully saturated rings. The summed E-state index contributed by atoms with van der Waals surface area (Å²) in [6.07, 6.45) is 4.09. The summed E-state index contributed by atoms with van der Waals surface area (Å²) in [5, 5.41) is 10.2. The van der Waals surface area contributed by atoms with Crippen molar-refractivity contribution >= 4 is 34.9 Å². The maximum Gasteiger partial charge on any atom is 0.306 e. The Morgan fingerprint density at radius 1 is 1.11 bits per heavy atom. The third-order valence-electron chi connectivity index (χ3n) is 4.96. The fourth-order valence-electron chi connectivity index (χ4n) is 3.24. The third-order valence-corrected chi connectivity index (χ3v) is 5.54. The van der Waals surface area contributed by atoms with Crippen molar-refractivity contribution in [3.05, 3.63) is 94.4 Å². The molecule has 4 aromatic rings. The number of carbonyl (C=O) groups is 1. The van der Waals surface area contributed by atoms with Crippen LogP contribution in [0.4, 0.5) is 14.6 Å². The van der Waals surface area contributed by atoms with Crippen LogP contribution in [0.5, 0.6) is 0 Å². The van der Waals surface area contributed by atoms with Crippen LogP contribution in [0.3, 0.4) is 0 Å². The van der Waals surface area contributed by atoms with Gasteiger partial charge in [-0.3, -0.25) is 9.78 Å². The van der Waals surface area contributed by atoms with Crippen molar-refractivity contribution in [2.24, 2.45) is 0 Å². The second kappa shape index (κ2) is 10.7. The summed E-state index contributed by atoms with van der Waals surface area (Å²) in [7, 11) is 0. The minimum atomic E-state index is -3.21. The molecular weight excluding hydrogens is 499 g/mol. The van der Waals surface area contributed by atoms with Crippen LogP contribution < -0.4 is 10.6 Å². The minimum absolute atomic E-state index is 0.149. The summed E-state index contributed by atoms with van der Waals surface area (Å²) in [6, 6.07) is 12.5. The summed E-state index contributed by atoms with van der Waals surface area (Å²) < 4.78 is 30.3. The van der Waals surface area contributed by atoms with Crippen molar-refractivity contribution in [2.75, 3.05) is 11.9 Å². The maximum atomic E-state index is 14.4. The van der Waals surface area contributed by atoms with Crippen LogP contribution in [0.1, 0.15) is 17.0 Å². The van der Waals surface area contributed by atoms with Gasteiger partial charge in [0.15, 0.2) is 0 Å². The Hall–Kier alpha value is -3.63. The molecule has 1 amide bonds. The van der Waals surface area contributed by atoms with Crippen molar-refractivity contribution in [2.45, 2.75) is 18.9 Å². The average molecular weight is 518 g/mol. The van der Waals surface area contributed by atoms with Gasteiger partial charge in [0.05, 0.1) is 29.4 Å². The Balaban J connectivity index is 1.40. The first-order valence-corrected chi connectivity index (χ1v) is 11.2. The molecule has 8 nitrogen and oxygen atoms in total. The monoisotopic (exact) mass is 517 g/mol. The molecule has 0 radical (unpaired) electrons. The Morgan fingerprint density at radius 3 is 2.71 bits per heavy atom. The molecule has 0 aliphatic heterocycles. The summed E-state index contributed by atoms with van der Waals surface area (Å²) in [5.41, 5.74) is 1.33. The lowest BCUT2D eigenvalue weighted by atomic mass is 10.1. The number of nitrogens with one attached hydrogen (secondary N) is 2. The quantitative estimate of drug-likeness (QED) is 0.341. The highest BCUT2D eigenvalue weighted by Crippen LogP contribution is 2.27. The van der Waals surface area contributed by atoms with Crippen LogP contribution in [0.15, 0.2) is 67.4 Å². The first kappa shape index (κ1) is 24.5. The van der Waals surface area contributed by atoms with Gasteiger partial charge in [0.25, 0.3) is 0 Å². The number of alkyl halides is 2. The van der Waals surface area contributed by atoms with Crippen LogP contribution in [0, 0.1) is 0 Å². The van der Waals surface area contributed by atoms with Gasteiger partial charge in [-0.2, -0.15) is 13.9 Å². The van der Waals surface area contributed by atoms with E-state index in [1.54, 1.807) is 28.9 Å². The molecule has 0 unspecified atom stereocenters. The van der Waals surface area contributed by atoms with E-state index in [4.69, 9.17) is 23.2 Å². The number of hydrogen-bond acceptors (Lipinski definition) is 6. The van der Waals surface area contributed by atoms with Crippen molar-refractivity contribution in [1.82, 2.24) is 30.0 Å². The molecule has 0 bridgehead atoms. The Morgan fingerprint density at radius 2 is 1.97 bits per heavy atom. The summed E-state index contributed by atoms with van der Waals surface area (Å²) in [6.45, 7) is -0.551. The largest absolute Gasteiger partial charge is 0.364 e. The highest BCUT2D eigenvalue weighted by molar-refractivity contribution is 6.31. The molecule has 3 heterocycles.